The van der Waals surface area contributed by atoms with Gasteiger partial charge < -0.3 is 20.4 Å². The third kappa shape index (κ3) is 4.71. The summed E-state index contributed by atoms with van der Waals surface area (Å²) in [4.78, 5) is 13.1. The monoisotopic (exact) mass is 372 g/mol. The summed E-state index contributed by atoms with van der Waals surface area (Å²) in [6.07, 6.45) is 0.167. The minimum atomic E-state index is -1.16. The fourth-order valence-electron chi connectivity index (χ4n) is 3.56. The van der Waals surface area contributed by atoms with Crippen LogP contribution in [0.25, 0.3) is 0 Å². The largest absolute Gasteiger partial charge is 0.387 e. The number of carbonyl (C=O) groups is 1. The van der Waals surface area contributed by atoms with Crippen LogP contribution in [0.1, 0.15) is 37.0 Å². The summed E-state index contributed by atoms with van der Waals surface area (Å²) in [5, 5.41) is 24.0. The first-order chi connectivity index (χ1) is 12.9. The Kier molecular flexibility index (Phi) is 5.89. The van der Waals surface area contributed by atoms with Crippen molar-refractivity contribution < 1.29 is 19.4 Å². The molecular weight excluding hydrogens is 347 g/mol. The van der Waals surface area contributed by atoms with E-state index >= 15 is 0 Å². The van der Waals surface area contributed by atoms with E-state index in [1.165, 1.54) is 13.0 Å². The maximum absolute atomic E-state index is 14.0. The van der Waals surface area contributed by atoms with Gasteiger partial charge in [0.15, 0.2) is 0 Å². The molecule has 144 valence electrons. The molecule has 1 aliphatic rings. The number of hydrogen-bond acceptors (Lipinski definition) is 4. The number of amides is 1. The van der Waals surface area contributed by atoms with E-state index in [0.717, 1.165) is 5.56 Å². The predicted molar refractivity (Wildman–Crippen MR) is 102 cm³/mol. The number of piperidine rings is 1. The first-order valence-corrected chi connectivity index (χ1v) is 9.13. The zero-order valence-electron chi connectivity index (χ0n) is 15.4. The van der Waals surface area contributed by atoms with Gasteiger partial charge in [-0.25, -0.2) is 4.39 Å². The molecule has 0 unspecified atom stereocenters. The second-order valence-electron chi connectivity index (χ2n) is 7.13. The molecule has 27 heavy (non-hydrogen) atoms. The first kappa shape index (κ1) is 19.5. The van der Waals surface area contributed by atoms with Gasteiger partial charge in [0.2, 0.25) is 5.91 Å². The average molecular weight is 372 g/mol. The lowest BCUT2D eigenvalue weighted by Gasteiger charge is -2.39. The van der Waals surface area contributed by atoms with Gasteiger partial charge in [-0.15, -0.1) is 0 Å². The molecular formula is C21H25FN2O3. The molecule has 1 aliphatic heterocycles. The van der Waals surface area contributed by atoms with Crippen LogP contribution in [-0.4, -0.2) is 40.7 Å². The van der Waals surface area contributed by atoms with Crippen molar-refractivity contribution >= 4 is 11.6 Å². The van der Waals surface area contributed by atoms with Crippen molar-refractivity contribution in [2.45, 2.75) is 31.5 Å². The Morgan fingerprint density at radius 1 is 1.19 bits per heavy atom. The standard InChI is InChI=1S/C21H25FN2O3/c1-15(25)23-17-8-6-16(7-9-17)20(26)14-24-12-10-21(27,11-13-24)18-4-2-3-5-19(18)22/h2-9,20,26-27H,10-14H2,1H3,(H,23,25)/t20-/m0/s1. The molecule has 0 bridgehead atoms. The summed E-state index contributed by atoms with van der Waals surface area (Å²) in [7, 11) is 0. The molecule has 3 rings (SSSR count). The predicted octanol–water partition coefficient (Wildman–Crippen LogP) is 2.80. The fourth-order valence-corrected chi connectivity index (χ4v) is 3.56. The number of likely N-dealkylation sites (tertiary alicyclic amines) is 1. The third-order valence-electron chi connectivity index (χ3n) is 5.11. The molecule has 0 spiro atoms. The van der Waals surface area contributed by atoms with Crippen LogP contribution in [-0.2, 0) is 10.4 Å². The highest BCUT2D eigenvalue weighted by atomic mass is 19.1. The van der Waals surface area contributed by atoms with Gasteiger partial charge in [0.1, 0.15) is 5.82 Å². The van der Waals surface area contributed by atoms with Crippen LogP contribution in [0.2, 0.25) is 0 Å². The van der Waals surface area contributed by atoms with E-state index in [0.29, 0.717) is 43.7 Å². The number of nitrogens with zero attached hydrogens (tertiary/aromatic N) is 1. The van der Waals surface area contributed by atoms with Crippen LogP contribution >= 0.6 is 0 Å². The van der Waals surface area contributed by atoms with Crippen molar-refractivity contribution in [1.82, 2.24) is 4.90 Å². The fraction of sp³-hybridized carbons (Fsp3) is 0.381. The lowest BCUT2D eigenvalue weighted by atomic mass is 9.84. The van der Waals surface area contributed by atoms with E-state index in [1.807, 2.05) is 0 Å². The summed E-state index contributed by atoms with van der Waals surface area (Å²) in [6, 6.07) is 13.4. The molecule has 1 saturated heterocycles. The second-order valence-corrected chi connectivity index (χ2v) is 7.13. The van der Waals surface area contributed by atoms with Crippen LogP contribution in [0.3, 0.4) is 0 Å². The maximum atomic E-state index is 14.0. The summed E-state index contributed by atoms with van der Waals surface area (Å²) in [6.45, 7) is 3.03. The Morgan fingerprint density at radius 2 is 1.81 bits per heavy atom. The van der Waals surface area contributed by atoms with Crippen molar-refractivity contribution in [2.24, 2.45) is 0 Å². The Morgan fingerprint density at radius 3 is 2.41 bits per heavy atom. The van der Waals surface area contributed by atoms with Crippen molar-refractivity contribution in [2.75, 3.05) is 25.0 Å². The van der Waals surface area contributed by atoms with Gasteiger partial charge >= 0.3 is 0 Å². The normalized spacial score (nSPS) is 18.1. The van der Waals surface area contributed by atoms with Crippen molar-refractivity contribution in [3.63, 3.8) is 0 Å². The summed E-state index contributed by atoms with van der Waals surface area (Å²) in [5.74, 6) is -0.522. The van der Waals surface area contributed by atoms with Crippen LogP contribution in [0.5, 0.6) is 0 Å². The molecule has 6 heteroatoms. The van der Waals surface area contributed by atoms with Crippen molar-refractivity contribution in [3.8, 4) is 0 Å². The van der Waals surface area contributed by atoms with Gasteiger partial charge in [-0.05, 0) is 36.6 Å². The molecule has 1 heterocycles. The van der Waals surface area contributed by atoms with E-state index in [1.54, 1.807) is 42.5 Å². The van der Waals surface area contributed by atoms with E-state index in [4.69, 9.17) is 0 Å². The maximum Gasteiger partial charge on any atom is 0.221 e. The average Bonchev–Trinajstić information content (AvgIpc) is 2.64. The van der Waals surface area contributed by atoms with Gasteiger partial charge in [-0.1, -0.05) is 30.3 Å². The van der Waals surface area contributed by atoms with E-state index in [-0.39, 0.29) is 11.7 Å². The highest BCUT2D eigenvalue weighted by molar-refractivity contribution is 5.88. The minimum Gasteiger partial charge on any atom is -0.387 e. The van der Waals surface area contributed by atoms with Gasteiger partial charge in [0.05, 0.1) is 11.7 Å². The Balaban J connectivity index is 1.57. The van der Waals surface area contributed by atoms with Crippen LogP contribution in [0.15, 0.2) is 48.5 Å². The van der Waals surface area contributed by atoms with Crippen molar-refractivity contribution in [1.29, 1.82) is 0 Å². The third-order valence-corrected chi connectivity index (χ3v) is 5.11. The molecule has 0 saturated carbocycles. The van der Waals surface area contributed by atoms with Gasteiger partial charge in [-0.3, -0.25) is 4.79 Å². The smallest absolute Gasteiger partial charge is 0.221 e. The highest BCUT2D eigenvalue weighted by Gasteiger charge is 2.36. The Labute approximate surface area is 158 Å². The molecule has 3 N–H and O–H groups in total. The van der Waals surface area contributed by atoms with E-state index < -0.39 is 11.7 Å². The lowest BCUT2D eigenvalue weighted by Crippen LogP contribution is -2.44. The highest BCUT2D eigenvalue weighted by Crippen LogP contribution is 2.34. The molecule has 0 radical (unpaired) electrons. The molecule has 2 aromatic carbocycles. The number of halogens is 1. The minimum absolute atomic E-state index is 0.140. The van der Waals surface area contributed by atoms with Crippen molar-refractivity contribution in [3.05, 3.63) is 65.5 Å². The van der Waals surface area contributed by atoms with Crippen LogP contribution < -0.4 is 5.32 Å². The summed E-state index contributed by atoms with van der Waals surface area (Å²) < 4.78 is 14.0. The number of anilines is 1. The number of aliphatic hydroxyl groups excluding tert-OH is 1. The number of carbonyl (C=O) groups excluding carboxylic acids is 1. The molecule has 2 aromatic rings. The molecule has 1 atom stereocenters. The SMILES string of the molecule is CC(=O)Nc1ccc([C@@H](O)CN2CCC(O)(c3ccccc3F)CC2)cc1. The molecule has 1 amide bonds. The number of aliphatic hydroxyl groups is 2. The molecule has 0 aliphatic carbocycles. The Bertz CT molecular complexity index is 786. The second kappa shape index (κ2) is 8.17. The Hall–Kier alpha value is -2.28. The van der Waals surface area contributed by atoms with E-state index in [9.17, 15) is 19.4 Å². The van der Waals surface area contributed by atoms with Gasteiger partial charge in [0.25, 0.3) is 0 Å². The molecule has 0 aromatic heterocycles. The number of β-amino-alcohol motifs (C(OH)–C–C–N with tert-alkyl or cyclic N) is 1. The number of rotatable bonds is 5. The summed E-state index contributed by atoms with van der Waals surface area (Å²) in [5.41, 5.74) is 0.636. The summed E-state index contributed by atoms with van der Waals surface area (Å²) >= 11 is 0. The first-order valence-electron chi connectivity index (χ1n) is 9.13. The topological polar surface area (TPSA) is 72.8 Å². The van der Waals surface area contributed by atoms with Gasteiger partial charge in [0, 0.05) is 37.8 Å². The number of benzene rings is 2. The van der Waals surface area contributed by atoms with Gasteiger partial charge in [-0.2, -0.15) is 0 Å². The van der Waals surface area contributed by atoms with E-state index in [2.05, 4.69) is 10.2 Å². The quantitative estimate of drug-likeness (QED) is 0.755. The number of hydrogen-bond donors (Lipinski definition) is 3. The zero-order valence-corrected chi connectivity index (χ0v) is 15.4. The van der Waals surface area contributed by atoms with Crippen LogP contribution in [0, 0.1) is 5.82 Å². The molecule has 1 fully saturated rings. The number of nitrogens with one attached hydrogen (secondary N) is 1. The molecule has 5 nitrogen and oxygen atoms in total. The zero-order chi connectivity index (χ0) is 19.4. The van der Waals surface area contributed by atoms with Crippen LogP contribution in [0.4, 0.5) is 10.1 Å². The lowest BCUT2D eigenvalue weighted by molar-refractivity contribution is -0.114.